The van der Waals surface area contributed by atoms with Crippen molar-refractivity contribution in [2.45, 2.75) is 58.9 Å². The van der Waals surface area contributed by atoms with Crippen LogP contribution in [0.1, 0.15) is 52.9 Å². The van der Waals surface area contributed by atoms with Crippen molar-refractivity contribution in [2.75, 3.05) is 19.8 Å². The van der Waals surface area contributed by atoms with Gasteiger partial charge in [0.05, 0.1) is 13.2 Å². The van der Waals surface area contributed by atoms with Crippen LogP contribution in [0.15, 0.2) is 0 Å². The summed E-state index contributed by atoms with van der Waals surface area (Å²) in [7, 11) is 0. The standard InChI is InChI=1S/C14H27NO/c1-13(2)7-4-5-12(6-8-13)15-9-14(3)10-16-11-14/h12,15H,4-11H2,1-3H3. The summed E-state index contributed by atoms with van der Waals surface area (Å²) in [6.45, 7) is 10.2. The van der Waals surface area contributed by atoms with Crippen LogP contribution in [-0.4, -0.2) is 25.8 Å². The Kier molecular flexibility index (Phi) is 3.60. The fraction of sp³-hybridized carbons (Fsp3) is 1.00. The van der Waals surface area contributed by atoms with Gasteiger partial charge >= 0.3 is 0 Å². The maximum absolute atomic E-state index is 5.30. The molecule has 0 aromatic carbocycles. The van der Waals surface area contributed by atoms with Crippen molar-refractivity contribution in [1.82, 2.24) is 5.32 Å². The van der Waals surface area contributed by atoms with E-state index in [1.54, 1.807) is 0 Å². The van der Waals surface area contributed by atoms with E-state index in [1.165, 1.54) is 32.1 Å². The van der Waals surface area contributed by atoms with Crippen LogP contribution in [-0.2, 0) is 4.74 Å². The van der Waals surface area contributed by atoms with Gasteiger partial charge in [-0.25, -0.2) is 0 Å². The van der Waals surface area contributed by atoms with E-state index in [9.17, 15) is 0 Å². The van der Waals surface area contributed by atoms with E-state index in [2.05, 4.69) is 26.1 Å². The molecule has 94 valence electrons. The quantitative estimate of drug-likeness (QED) is 0.746. The molecule has 0 aromatic heterocycles. The normalized spacial score (nSPS) is 32.8. The van der Waals surface area contributed by atoms with Gasteiger partial charge in [-0.05, 0) is 31.1 Å². The van der Waals surface area contributed by atoms with Crippen LogP contribution in [0.2, 0.25) is 0 Å². The van der Waals surface area contributed by atoms with E-state index < -0.39 is 0 Å². The number of hydrogen-bond donors (Lipinski definition) is 1. The van der Waals surface area contributed by atoms with Crippen molar-refractivity contribution >= 4 is 0 Å². The Bertz CT molecular complexity index is 233. The summed E-state index contributed by atoms with van der Waals surface area (Å²) in [6.07, 6.45) is 6.87. The molecule has 2 rings (SSSR count). The number of hydrogen-bond acceptors (Lipinski definition) is 2. The minimum atomic E-state index is 0.418. The molecule has 2 aliphatic rings. The number of ether oxygens (including phenoxy) is 1. The summed E-state index contributed by atoms with van der Waals surface area (Å²) >= 11 is 0. The molecule has 1 saturated carbocycles. The van der Waals surface area contributed by atoms with Crippen molar-refractivity contribution in [3.8, 4) is 0 Å². The van der Waals surface area contributed by atoms with E-state index in [-0.39, 0.29) is 0 Å². The highest BCUT2D eigenvalue weighted by Gasteiger charge is 2.34. The first-order chi connectivity index (χ1) is 7.49. The molecule has 2 heteroatoms. The maximum Gasteiger partial charge on any atom is 0.0554 e. The Morgan fingerprint density at radius 3 is 2.50 bits per heavy atom. The molecule has 1 unspecified atom stereocenters. The van der Waals surface area contributed by atoms with Gasteiger partial charge in [0.2, 0.25) is 0 Å². The summed E-state index contributed by atoms with van der Waals surface area (Å²) < 4.78 is 5.30. The molecule has 0 spiro atoms. The average molecular weight is 225 g/mol. The maximum atomic E-state index is 5.30. The van der Waals surface area contributed by atoms with Crippen molar-refractivity contribution in [1.29, 1.82) is 0 Å². The summed E-state index contributed by atoms with van der Waals surface area (Å²) in [5.41, 5.74) is 0.988. The third-order valence-corrected chi connectivity index (χ3v) is 4.29. The van der Waals surface area contributed by atoms with Crippen LogP contribution >= 0.6 is 0 Å². The van der Waals surface area contributed by atoms with E-state index >= 15 is 0 Å². The van der Waals surface area contributed by atoms with Gasteiger partial charge in [0.15, 0.2) is 0 Å². The van der Waals surface area contributed by atoms with Gasteiger partial charge in [0.1, 0.15) is 0 Å². The summed E-state index contributed by atoms with van der Waals surface area (Å²) in [4.78, 5) is 0. The molecule has 0 amide bonds. The zero-order valence-electron chi connectivity index (χ0n) is 11.1. The van der Waals surface area contributed by atoms with Crippen LogP contribution in [0, 0.1) is 10.8 Å². The van der Waals surface area contributed by atoms with Gasteiger partial charge in [0, 0.05) is 18.0 Å². The lowest BCUT2D eigenvalue weighted by Crippen LogP contribution is -2.49. The first-order valence-electron chi connectivity index (χ1n) is 6.80. The van der Waals surface area contributed by atoms with Gasteiger partial charge in [-0.2, -0.15) is 0 Å². The van der Waals surface area contributed by atoms with Crippen molar-refractivity contribution in [3.63, 3.8) is 0 Å². The van der Waals surface area contributed by atoms with E-state index in [1.807, 2.05) is 0 Å². The Morgan fingerprint density at radius 1 is 1.12 bits per heavy atom. The zero-order chi connectivity index (χ0) is 11.6. The Hall–Kier alpha value is -0.0800. The monoisotopic (exact) mass is 225 g/mol. The smallest absolute Gasteiger partial charge is 0.0554 e. The molecule has 0 aromatic rings. The Balaban J connectivity index is 1.73. The second-order valence-corrected chi connectivity index (χ2v) is 6.98. The van der Waals surface area contributed by atoms with Crippen LogP contribution in [0.3, 0.4) is 0 Å². The molecule has 0 radical (unpaired) electrons. The molecule has 1 saturated heterocycles. The molecule has 1 aliphatic carbocycles. The van der Waals surface area contributed by atoms with Crippen LogP contribution in [0.4, 0.5) is 0 Å². The third-order valence-electron chi connectivity index (χ3n) is 4.29. The van der Waals surface area contributed by atoms with Gasteiger partial charge in [-0.1, -0.05) is 27.2 Å². The predicted octanol–water partition coefficient (Wildman–Crippen LogP) is 2.97. The van der Waals surface area contributed by atoms with Gasteiger partial charge in [-0.3, -0.25) is 0 Å². The Labute approximate surface area is 100 Å². The number of rotatable bonds is 3. The molecule has 2 nitrogen and oxygen atoms in total. The highest BCUT2D eigenvalue weighted by atomic mass is 16.5. The molecule has 1 N–H and O–H groups in total. The topological polar surface area (TPSA) is 21.3 Å². The lowest BCUT2D eigenvalue weighted by molar-refractivity contribution is -0.100. The third kappa shape index (κ3) is 3.21. The molecule has 1 atom stereocenters. The lowest BCUT2D eigenvalue weighted by Gasteiger charge is -2.39. The van der Waals surface area contributed by atoms with Crippen molar-refractivity contribution in [2.24, 2.45) is 10.8 Å². The van der Waals surface area contributed by atoms with Gasteiger partial charge in [-0.15, -0.1) is 0 Å². The fourth-order valence-electron chi connectivity index (χ4n) is 2.81. The molecular formula is C14H27NO. The molecule has 1 heterocycles. The minimum absolute atomic E-state index is 0.418. The van der Waals surface area contributed by atoms with Crippen LogP contribution in [0.5, 0.6) is 0 Å². The zero-order valence-corrected chi connectivity index (χ0v) is 11.1. The second-order valence-electron chi connectivity index (χ2n) is 6.98. The minimum Gasteiger partial charge on any atom is -0.380 e. The molecule has 1 aliphatic heterocycles. The predicted molar refractivity (Wildman–Crippen MR) is 67.6 cm³/mol. The summed E-state index contributed by atoms with van der Waals surface area (Å²) in [5.74, 6) is 0. The largest absolute Gasteiger partial charge is 0.380 e. The van der Waals surface area contributed by atoms with E-state index in [0.29, 0.717) is 10.8 Å². The first-order valence-corrected chi connectivity index (χ1v) is 6.80. The highest BCUT2D eigenvalue weighted by Crippen LogP contribution is 2.34. The molecule has 2 fully saturated rings. The first kappa shape index (κ1) is 12.4. The van der Waals surface area contributed by atoms with Crippen LogP contribution in [0.25, 0.3) is 0 Å². The fourth-order valence-corrected chi connectivity index (χ4v) is 2.81. The average Bonchev–Trinajstić information content (AvgIpc) is 2.34. The van der Waals surface area contributed by atoms with Crippen LogP contribution < -0.4 is 5.32 Å². The Morgan fingerprint density at radius 2 is 1.88 bits per heavy atom. The molecule has 16 heavy (non-hydrogen) atoms. The molecular weight excluding hydrogens is 198 g/mol. The van der Waals surface area contributed by atoms with E-state index in [0.717, 1.165) is 25.8 Å². The molecule has 0 bridgehead atoms. The highest BCUT2D eigenvalue weighted by molar-refractivity contribution is 4.86. The number of nitrogens with one attached hydrogen (secondary N) is 1. The SMILES string of the molecule is CC1(C)CCCC(NCC2(C)COC2)CC1. The lowest BCUT2D eigenvalue weighted by atomic mass is 9.85. The van der Waals surface area contributed by atoms with Gasteiger partial charge in [0.25, 0.3) is 0 Å². The van der Waals surface area contributed by atoms with E-state index in [4.69, 9.17) is 4.74 Å². The van der Waals surface area contributed by atoms with Crippen molar-refractivity contribution < 1.29 is 4.74 Å². The second kappa shape index (κ2) is 4.66. The van der Waals surface area contributed by atoms with Crippen molar-refractivity contribution in [3.05, 3.63) is 0 Å². The summed E-state index contributed by atoms with van der Waals surface area (Å²) in [6, 6.07) is 0.749. The van der Waals surface area contributed by atoms with Gasteiger partial charge < -0.3 is 10.1 Å². The summed E-state index contributed by atoms with van der Waals surface area (Å²) in [5, 5.41) is 3.76.